The number of carbonyl (C=O) groups is 1. The van der Waals surface area contributed by atoms with E-state index in [9.17, 15) is 10.1 Å². The van der Waals surface area contributed by atoms with Crippen molar-refractivity contribution in [3.8, 4) is 6.07 Å². The van der Waals surface area contributed by atoms with Gasteiger partial charge in [0.1, 0.15) is 23.5 Å². The number of ketones is 1. The summed E-state index contributed by atoms with van der Waals surface area (Å²) < 4.78 is 0. The van der Waals surface area contributed by atoms with Crippen LogP contribution < -0.4 is 10.6 Å². The molecule has 0 spiro atoms. The third-order valence-electron chi connectivity index (χ3n) is 3.69. The fourth-order valence-corrected chi connectivity index (χ4v) is 2.49. The average Bonchev–Trinajstić information content (AvgIpc) is 2.62. The molecule has 0 bridgehead atoms. The third-order valence-corrected chi connectivity index (χ3v) is 3.69. The van der Waals surface area contributed by atoms with Gasteiger partial charge in [-0.2, -0.15) is 5.26 Å². The molecular weight excluding hydrogens is 326 g/mol. The molecule has 0 aliphatic heterocycles. The van der Waals surface area contributed by atoms with E-state index in [-0.39, 0.29) is 5.78 Å². The van der Waals surface area contributed by atoms with Crippen LogP contribution in [0.5, 0.6) is 0 Å². The second-order valence-corrected chi connectivity index (χ2v) is 5.73. The molecule has 0 atom stereocenters. The van der Waals surface area contributed by atoms with E-state index in [2.05, 4.69) is 26.7 Å². The van der Waals surface area contributed by atoms with Gasteiger partial charge in [0, 0.05) is 17.3 Å². The first kappa shape index (κ1) is 17.1. The number of hydrogen-bond acceptors (Lipinski definition) is 6. The van der Waals surface area contributed by atoms with Gasteiger partial charge in [-0.1, -0.05) is 24.3 Å². The van der Waals surface area contributed by atoms with Crippen molar-refractivity contribution in [2.45, 2.75) is 13.8 Å². The Kier molecular flexibility index (Phi) is 4.90. The maximum absolute atomic E-state index is 11.5. The number of rotatable bonds is 5. The Balaban J connectivity index is 1.87. The van der Waals surface area contributed by atoms with Crippen molar-refractivity contribution < 1.29 is 4.79 Å². The van der Waals surface area contributed by atoms with Crippen LogP contribution in [-0.4, -0.2) is 15.8 Å². The van der Waals surface area contributed by atoms with Crippen LogP contribution in [0.15, 0.2) is 54.6 Å². The van der Waals surface area contributed by atoms with E-state index in [1.54, 1.807) is 31.2 Å². The Hall–Kier alpha value is -3.72. The Labute approximate surface area is 151 Å². The standard InChI is InChI=1S/C20H17N5O/c1-13(26)15-7-5-8-17(10-15)24-19-11-20(23-14(2)22-19)25-18-9-4-3-6-16(18)12-21/h3-11H,1-2H3,(H2,22,23,24,25). The minimum Gasteiger partial charge on any atom is -0.340 e. The van der Waals surface area contributed by atoms with Gasteiger partial charge in [-0.3, -0.25) is 4.79 Å². The van der Waals surface area contributed by atoms with E-state index in [0.29, 0.717) is 34.3 Å². The lowest BCUT2D eigenvalue weighted by Gasteiger charge is -2.11. The normalized spacial score (nSPS) is 10.0. The predicted octanol–water partition coefficient (Wildman–Crippen LogP) is 4.35. The molecule has 1 heterocycles. The predicted molar refractivity (Wildman–Crippen MR) is 101 cm³/mol. The Morgan fingerprint density at radius 3 is 2.46 bits per heavy atom. The van der Waals surface area contributed by atoms with E-state index < -0.39 is 0 Å². The number of nitrogens with zero attached hydrogens (tertiary/aromatic N) is 3. The van der Waals surface area contributed by atoms with Gasteiger partial charge < -0.3 is 10.6 Å². The molecule has 3 rings (SSSR count). The zero-order valence-electron chi connectivity index (χ0n) is 14.4. The van der Waals surface area contributed by atoms with Gasteiger partial charge in [0.25, 0.3) is 0 Å². The van der Waals surface area contributed by atoms with E-state index >= 15 is 0 Å². The van der Waals surface area contributed by atoms with Crippen molar-refractivity contribution in [2.24, 2.45) is 0 Å². The fourth-order valence-electron chi connectivity index (χ4n) is 2.49. The topological polar surface area (TPSA) is 90.7 Å². The van der Waals surface area contributed by atoms with Crippen molar-refractivity contribution in [3.05, 3.63) is 71.5 Å². The number of carbonyl (C=O) groups excluding carboxylic acids is 1. The summed E-state index contributed by atoms with van der Waals surface area (Å²) in [5.41, 5.74) is 2.60. The number of nitriles is 1. The van der Waals surface area contributed by atoms with Crippen LogP contribution in [0.25, 0.3) is 0 Å². The number of hydrogen-bond donors (Lipinski definition) is 2. The number of aryl methyl sites for hydroxylation is 1. The van der Waals surface area contributed by atoms with Gasteiger partial charge in [-0.25, -0.2) is 9.97 Å². The van der Waals surface area contributed by atoms with E-state index in [0.717, 1.165) is 5.69 Å². The molecule has 0 fully saturated rings. The molecule has 6 nitrogen and oxygen atoms in total. The molecule has 0 saturated carbocycles. The molecule has 0 amide bonds. The summed E-state index contributed by atoms with van der Waals surface area (Å²) in [6.07, 6.45) is 0. The Morgan fingerprint density at radius 2 is 1.73 bits per heavy atom. The smallest absolute Gasteiger partial charge is 0.159 e. The van der Waals surface area contributed by atoms with Gasteiger partial charge in [0.15, 0.2) is 5.78 Å². The van der Waals surface area contributed by atoms with Gasteiger partial charge in [-0.05, 0) is 38.1 Å². The molecule has 0 aliphatic carbocycles. The summed E-state index contributed by atoms with van der Waals surface area (Å²) in [7, 11) is 0. The highest BCUT2D eigenvalue weighted by Gasteiger charge is 2.07. The number of nitrogens with one attached hydrogen (secondary N) is 2. The second-order valence-electron chi connectivity index (χ2n) is 5.73. The molecule has 26 heavy (non-hydrogen) atoms. The number of anilines is 4. The number of aromatic nitrogens is 2. The molecule has 3 aromatic rings. The lowest BCUT2D eigenvalue weighted by Crippen LogP contribution is -2.03. The summed E-state index contributed by atoms with van der Waals surface area (Å²) in [6.45, 7) is 3.32. The Bertz CT molecular complexity index is 1010. The molecule has 0 radical (unpaired) electrons. The van der Waals surface area contributed by atoms with Crippen LogP contribution in [0.3, 0.4) is 0 Å². The lowest BCUT2D eigenvalue weighted by atomic mass is 10.1. The minimum absolute atomic E-state index is 0.00276. The van der Waals surface area contributed by atoms with Crippen molar-refractivity contribution >= 4 is 28.8 Å². The zero-order chi connectivity index (χ0) is 18.5. The molecule has 0 saturated heterocycles. The SMILES string of the molecule is CC(=O)c1cccc(Nc2cc(Nc3ccccc3C#N)nc(C)n2)c1. The van der Waals surface area contributed by atoms with Crippen molar-refractivity contribution in [3.63, 3.8) is 0 Å². The van der Waals surface area contributed by atoms with Crippen LogP contribution in [0, 0.1) is 18.3 Å². The quantitative estimate of drug-likeness (QED) is 0.669. The van der Waals surface area contributed by atoms with E-state index in [1.165, 1.54) is 6.92 Å². The summed E-state index contributed by atoms with van der Waals surface area (Å²) >= 11 is 0. The van der Waals surface area contributed by atoms with Gasteiger partial charge in [0.2, 0.25) is 0 Å². The highest BCUT2D eigenvalue weighted by atomic mass is 16.1. The lowest BCUT2D eigenvalue weighted by molar-refractivity contribution is 0.101. The van der Waals surface area contributed by atoms with Crippen molar-refractivity contribution in [1.82, 2.24) is 9.97 Å². The summed E-state index contributed by atoms with van der Waals surface area (Å²) in [5.74, 6) is 1.75. The molecule has 2 aromatic carbocycles. The number of benzene rings is 2. The van der Waals surface area contributed by atoms with Gasteiger partial charge in [0.05, 0.1) is 11.3 Å². The van der Waals surface area contributed by atoms with Gasteiger partial charge >= 0.3 is 0 Å². The maximum Gasteiger partial charge on any atom is 0.159 e. The second kappa shape index (κ2) is 7.45. The fraction of sp³-hybridized carbons (Fsp3) is 0.100. The molecule has 1 aromatic heterocycles. The summed E-state index contributed by atoms with van der Waals surface area (Å²) in [5, 5.41) is 15.5. The monoisotopic (exact) mass is 343 g/mol. The number of para-hydroxylation sites is 1. The zero-order valence-corrected chi connectivity index (χ0v) is 14.4. The molecule has 0 aliphatic rings. The molecule has 0 unspecified atom stereocenters. The van der Waals surface area contributed by atoms with Crippen LogP contribution in [0.4, 0.5) is 23.0 Å². The first-order valence-corrected chi connectivity index (χ1v) is 8.05. The first-order valence-electron chi connectivity index (χ1n) is 8.05. The molecular formula is C20H17N5O. The third kappa shape index (κ3) is 4.02. The van der Waals surface area contributed by atoms with Crippen LogP contribution in [0.1, 0.15) is 28.7 Å². The minimum atomic E-state index is 0.00276. The van der Waals surface area contributed by atoms with Crippen molar-refractivity contribution in [2.75, 3.05) is 10.6 Å². The van der Waals surface area contributed by atoms with Crippen LogP contribution in [-0.2, 0) is 0 Å². The van der Waals surface area contributed by atoms with E-state index in [4.69, 9.17) is 0 Å². The highest BCUT2D eigenvalue weighted by molar-refractivity contribution is 5.95. The largest absolute Gasteiger partial charge is 0.340 e. The summed E-state index contributed by atoms with van der Waals surface area (Å²) in [6, 6.07) is 18.3. The highest BCUT2D eigenvalue weighted by Crippen LogP contribution is 2.23. The van der Waals surface area contributed by atoms with Crippen molar-refractivity contribution in [1.29, 1.82) is 5.26 Å². The maximum atomic E-state index is 11.5. The Morgan fingerprint density at radius 1 is 1.00 bits per heavy atom. The molecule has 2 N–H and O–H groups in total. The average molecular weight is 343 g/mol. The van der Waals surface area contributed by atoms with Crippen LogP contribution >= 0.6 is 0 Å². The molecule has 128 valence electrons. The van der Waals surface area contributed by atoms with Crippen LogP contribution in [0.2, 0.25) is 0 Å². The number of Topliss-reactive ketones (excluding diaryl/α,β-unsaturated/α-hetero) is 1. The molecule has 6 heteroatoms. The summed E-state index contributed by atoms with van der Waals surface area (Å²) in [4.78, 5) is 20.3. The van der Waals surface area contributed by atoms with Gasteiger partial charge in [-0.15, -0.1) is 0 Å². The first-order chi connectivity index (χ1) is 12.5. The van der Waals surface area contributed by atoms with E-state index in [1.807, 2.05) is 30.3 Å².